The van der Waals surface area contributed by atoms with Crippen molar-refractivity contribution in [2.24, 2.45) is 0 Å². The summed E-state index contributed by atoms with van der Waals surface area (Å²) in [5.41, 5.74) is 0. The van der Waals surface area contributed by atoms with Gasteiger partial charge < -0.3 is 0 Å². The maximum absolute atomic E-state index is 10.9. The molecule has 0 atom stereocenters. The molecule has 0 radical (unpaired) electrons. The normalized spacial score (nSPS) is 8.75. The Morgan fingerprint density at radius 3 is 2.92 bits per heavy atom. The van der Waals surface area contributed by atoms with Gasteiger partial charge in [0.25, 0.3) is 0 Å². The first-order chi connectivity index (χ1) is 5.33. The van der Waals surface area contributed by atoms with Crippen LogP contribution in [-0.2, 0) is 4.79 Å². The first-order valence-corrected chi connectivity index (χ1v) is 3.36. The van der Waals surface area contributed by atoms with Crippen molar-refractivity contribution in [3.63, 3.8) is 0 Å². The fourth-order valence-electron chi connectivity index (χ4n) is 0.634. The zero-order valence-corrected chi connectivity index (χ0v) is 6.16. The molecule has 6 nitrogen and oxygen atoms in total. The van der Waals surface area contributed by atoms with Crippen molar-refractivity contribution >= 4 is 41.4 Å². The SMILES string of the molecule is CCCC(=O)Nc1nnn[nH]1.[NaH]. The molecule has 2 N–H and O–H groups in total. The van der Waals surface area contributed by atoms with E-state index in [2.05, 4.69) is 25.9 Å². The predicted octanol–water partition coefficient (Wildman–Crippen LogP) is -0.710. The third-order valence-electron chi connectivity index (χ3n) is 1.08. The van der Waals surface area contributed by atoms with Crippen LogP contribution < -0.4 is 5.32 Å². The number of nitrogens with one attached hydrogen (secondary N) is 2. The van der Waals surface area contributed by atoms with Crippen LogP contribution in [0.5, 0.6) is 0 Å². The maximum atomic E-state index is 10.9. The first kappa shape index (κ1) is 11.5. The van der Waals surface area contributed by atoms with Crippen molar-refractivity contribution in [3.8, 4) is 0 Å². The Labute approximate surface area is 91.8 Å². The molecule has 0 saturated heterocycles. The van der Waals surface area contributed by atoms with Crippen molar-refractivity contribution in [2.45, 2.75) is 19.8 Å². The number of aromatic nitrogens is 4. The van der Waals surface area contributed by atoms with E-state index < -0.39 is 0 Å². The van der Waals surface area contributed by atoms with E-state index in [0.29, 0.717) is 12.4 Å². The van der Waals surface area contributed by atoms with Gasteiger partial charge in [0.15, 0.2) is 0 Å². The molecule has 1 heterocycles. The summed E-state index contributed by atoms with van der Waals surface area (Å²) in [4.78, 5) is 10.9. The van der Waals surface area contributed by atoms with E-state index in [4.69, 9.17) is 0 Å². The van der Waals surface area contributed by atoms with Gasteiger partial charge in [0.2, 0.25) is 11.9 Å². The molecule has 0 fully saturated rings. The number of carbonyl (C=O) groups is 1. The molecule has 0 aliphatic carbocycles. The van der Waals surface area contributed by atoms with Gasteiger partial charge in [-0.25, -0.2) is 5.10 Å². The molecule has 12 heavy (non-hydrogen) atoms. The van der Waals surface area contributed by atoms with E-state index in [1.54, 1.807) is 0 Å². The number of rotatable bonds is 3. The van der Waals surface area contributed by atoms with Gasteiger partial charge in [-0.3, -0.25) is 10.1 Å². The number of nitrogens with zero attached hydrogens (tertiary/aromatic N) is 3. The van der Waals surface area contributed by atoms with Crippen LogP contribution in [0, 0.1) is 0 Å². The molecule has 7 heteroatoms. The Morgan fingerprint density at radius 1 is 1.67 bits per heavy atom. The number of aromatic amines is 1. The van der Waals surface area contributed by atoms with Gasteiger partial charge in [-0.1, -0.05) is 12.0 Å². The van der Waals surface area contributed by atoms with Crippen LogP contribution in [0.25, 0.3) is 0 Å². The minimum atomic E-state index is -0.0777. The first-order valence-electron chi connectivity index (χ1n) is 3.36. The third-order valence-corrected chi connectivity index (χ3v) is 1.08. The fraction of sp³-hybridized carbons (Fsp3) is 0.600. The second-order valence-corrected chi connectivity index (χ2v) is 2.05. The van der Waals surface area contributed by atoms with E-state index in [9.17, 15) is 4.79 Å². The van der Waals surface area contributed by atoms with Gasteiger partial charge in [-0.15, -0.1) is 0 Å². The van der Waals surface area contributed by atoms with Crippen LogP contribution >= 0.6 is 0 Å². The predicted molar refractivity (Wildman–Crippen MR) is 44.9 cm³/mol. The molecular formula is C5H10N5NaO. The number of anilines is 1. The van der Waals surface area contributed by atoms with Crippen LogP contribution in [0.3, 0.4) is 0 Å². The van der Waals surface area contributed by atoms with Crippen LogP contribution in [0.2, 0.25) is 0 Å². The molecule has 0 unspecified atom stereocenters. The van der Waals surface area contributed by atoms with E-state index in [1.807, 2.05) is 6.92 Å². The van der Waals surface area contributed by atoms with Crippen molar-refractivity contribution in [2.75, 3.05) is 5.32 Å². The topological polar surface area (TPSA) is 83.6 Å². The Hall–Kier alpha value is -0.460. The number of hydrogen-bond acceptors (Lipinski definition) is 4. The van der Waals surface area contributed by atoms with E-state index in [1.165, 1.54) is 0 Å². The number of tetrazole rings is 1. The summed E-state index contributed by atoms with van der Waals surface area (Å²) in [6.45, 7) is 1.93. The van der Waals surface area contributed by atoms with Gasteiger partial charge in [0.1, 0.15) is 0 Å². The van der Waals surface area contributed by atoms with Gasteiger partial charge in [0.05, 0.1) is 0 Å². The second kappa shape index (κ2) is 6.10. The minimum absolute atomic E-state index is 0. The second-order valence-electron chi connectivity index (χ2n) is 2.05. The van der Waals surface area contributed by atoms with Crippen LogP contribution in [-0.4, -0.2) is 56.1 Å². The Bertz CT molecular complexity index is 224. The molecule has 1 rings (SSSR count). The summed E-state index contributed by atoms with van der Waals surface area (Å²) < 4.78 is 0. The fourth-order valence-corrected chi connectivity index (χ4v) is 0.634. The average Bonchev–Trinajstić information content (AvgIpc) is 2.40. The Morgan fingerprint density at radius 2 is 2.42 bits per heavy atom. The van der Waals surface area contributed by atoms with Crippen molar-refractivity contribution in [3.05, 3.63) is 0 Å². The van der Waals surface area contributed by atoms with E-state index in [-0.39, 0.29) is 35.5 Å². The summed E-state index contributed by atoms with van der Waals surface area (Å²) in [5.74, 6) is 0.217. The van der Waals surface area contributed by atoms with Crippen molar-refractivity contribution in [1.82, 2.24) is 20.6 Å². The van der Waals surface area contributed by atoms with Gasteiger partial charge in [0, 0.05) is 6.42 Å². The average molecular weight is 179 g/mol. The molecule has 1 amide bonds. The van der Waals surface area contributed by atoms with Gasteiger partial charge in [-0.05, 0) is 16.8 Å². The van der Waals surface area contributed by atoms with Gasteiger partial charge in [-0.2, -0.15) is 0 Å². The molecule has 0 aliphatic rings. The third kappa shape index (κ3) is 3.80. The van der Waals surface area contributed by atoms with E-state index in [0.717, 1.165) is 6.42 Å². The zero-order chi connectivity index (χ0) is 8.10. The van der Waals surface area contributed by atoms with Crippen LogP contribution in [0.4, 0.5) is 5.95 Å². The summed E-state index contributed by atoms with van der Waals surface area (Å²) in [6, 6.07) is 0. The molecule has 0 aliphatic heterocycles. The Balaban J connectivity index is 0.00000121. The Kier molecular flexibility index (Phi) is 5.87. The molecule has 1 aromatic rings. The zero-order valence-electron chi connectivity index (χ0n) is 6.16. The standard InChI is InChI=1S/C5H9N5O.Na.H/c1-2-3-4(11)6-5-7-9-10-8-5;;/h2-3H2,1H3,(H2,6,7,8,9,10,11);;. The molecule has 1 aromatic heterocycles. The summed E-state index contributed by atoms with van der Waals surface area (Å²) in [7, 11) is 0. The molecule has 0 saturated carbocycles. The molecule has 0 aromatic carbocycles. The number of hydrogen-bond donors (Lipinski definition) is 2. The quantitative estimate of drug-likeness (QED) is 0.600. The van der Waals surface area contributed by atoms with Crippen molar-refractivity contribution in [1.29, 1.82) is 0 Å². The van der Waals surface area contributed by atoms with E-state index >= 15 is 0 Å². The molecule has 0 bridgehead atoms. The monoisotopic (exact) mass is 179 g/mol. The van der Waals surface area contributed by atoms with Gasteiger partial charge >= 0.3 is 29.6 Å². The summed E-state index contributed by atoms with van der Waals surface area (Å²) in [6.07, 6.45) is 1.30. The summed E-state index contributed by atoms with van der Waals surface area (Å²) in [5, 5.41) is 15.0. The molecule has 0 spiro atoms. The van der Waals surface area contributed by atoms with Crippen molar-refractivity contribution < 1.29 is 4.79 Å². The number of carbonyl (C=O) groups excluding carboxylic acids is 1. The number of amides is 1. The summed E-state index contributed by atoms with van der Waals surface area (Å²) >= 11 is 0. The molecule has 62 valence electrons. The van der Waals surface area contributed by atoms with Crippen LogP contribution in [0.15, 0.2) is 0 Å². The van der Waals surface area contributed by atoms with Crippen LogP contribution in [0.1, 0.15) is 19.8 Å². The molecular weight excluding hydrogens is 169 g/mol. The number of H-pyrrole nitrogens is 1.